The number of rotatable bonds is 4. The molecule has 0 radical (unpaired) electrons. The quantitative estimate of drug-likeness (QED) is 0.600. The van der Waals surface area contributed by atoms with Crippen LogP contribution in [0.3, 0.4) is 0 Å². The Bertz CT molecular complexity index is 1020. The average Bonchev–Trinajstić information content (AvgIpc) is 3.28. The Labute approximate surface area is 165 Å². The summed E-state index contributed by atoms with van der Waals surface area (Å²) in [5.41, 5.74) is 6.71. The van der Waals surface area contributed by atoms with Gasteiger partial charge >= 0.3 is 7.60 Å². The first-order valence-corrected chi connectivity index (χ1v) is 10.3. The lowest BCUT2D eigenvalue weighted by Crippen LogP contribution is -2.31. The van der Waals surface area contributed by atoms with Crippen LogP contribution in [0.1, 0.15) is 28.0 Å². The van der Waals surface area contributed by atoms with Gasteiger partial charge in [0.2, 0.25) is 5.82 Å². The largest absolute Gasteiger partial charge is 0.421 e. The minimum Gasteiger partial charge on any atom is -0.421 e. The molecule has 5 atom stereocenters. The van der Waals surface area contributed by atoms with Crippen LogP contribution >= 0.6 is 7.60 Å². The highest BCUT2D eigenvalue weighted by molar-refractivity contribution is 7.57. The highest BCUT2D eigenvalue weighted by Gasteiger charge is 2.44. The third-order valence-corrected chi connectivity index (χ3v) is 6.10. The molecular weight excluding hydrogens is 403 g/mol. The van der Waals surface area contributed by atoms with Crippen molar-refractivity contribution in [3.8, 4) is 5.75 Å². The lowest BCUT2D eigenvalue weighted by Gasteiger charge is -2.25. The van der Waals surface area contributed by atoms with Crippen molar-refractivity contribution in [3.63, 3.8) is 0 Å². The highest BCUT2D eigenvalue weighted by Crippen LogP contribution is 2.55. The van der Waals surface area contributed by atoms with Gasteiger partial charge in [-0.15, -0.1) is 5.10 Å². The Morgan fingerprint density at radius 3 is 2.90 bits per heavy atom. The van der Waals surface area contributed by atoms with Crippen molar-refractivity contribution in [1.82, 2.24) is 14.8 Å². The van der Waals surface area contributed by atoms with E-state index in [0.29, 0.717) is 5.75 Å². The number of primary amides is 1. The van der Waals surface area contributed by atoms with Crippen LogP contribution in [0.4, 0.5) is 0 Å². The molecule has 1 saturated heterocycles. The van der Waals surface area contributed by atoms with Crippen LogP contribution in [0.15, 0.2) is 36.4 Å². The van der Waals surface area contributed by atoms with Crippen molar-refractivity contribution in [2.75, 3.05) is 0 Å². The lowest BCUT2D eigenvalue weighted by molar-refractivity contribution is -0.0346. The molecule has 2 unspecified atom stereocenters. The molecule has 4 N–H and O–H groups in total. The number of carbonyl (C=O) groups is 1. The second-order valence-electron chi connectivity index (χ2n) is 6.69. The van der Waals surface area contributed by atoms with Gasteiger partial charge in [0, 0.05) is 11.4 Å². The molecule has 3 heterocycles. The Hall–Kier alpha value is -2.56. The van der Waals surface area contributed by atoms with Crippen molar-refractivity contribution in [3.05, 3.63) is 53.4 Å². The molecule has 29 heavy (non-hydrogen) atoms. The molecule has 1 amide bonds. The zero-order valence-corrected chi connectivity index (χ0v) is 16.2. The minimum absolute atomic E-state index is 0.118. The number of ether oxygens (including phenoxy) is 1. The number of hydrogen-bond donors (Lipinski definition) is 3. The molecule has 0 aliphatic carbocycles. The van der Waals surface area contributed by atoms with E-state index in [9.17, 15) is 19.6 Å². The normalized spacial score (nSPS) is 31.6. The van der Waals surface area contributed by atoms with Crippen molar-refractivity contribution in [2.45, 2.75) is 38.1 Å². The number of benzene rings is 1. The summed E-state index contributed by atoms with van der Waals surface area (Å²) in [5, 5.41) is 24.3. The number of aliphatic hydroxyl groups is 2. The van der Waals surface area contributed by atoms with Gasteiger partial charge in [-0.2, -0.15) is 0 Å². The Kier molecular flexibility index (Phi) is 5.01. The molecule has 0 spiro atoms. The van der Waals surface area contributed by atoms with Gasteiger partial charge in [-0.3, -0.25) is 9.32 Å². The first-order chi connectivity index (χ1) is 13.8. The topological polar surface area (TPSA) is 159 Å². The molecule has 2 aliphatic rings. The van der Waals surface area contributed by atoms with Gasteiger partial charge in [-0.1, -0.05) is 18.2 Å². The summed E-state index contributed by atoms with van der Waals surface area (Å²) in [6.45, 7) is 1.95. The van der Waals surface area contributed by atoms with E-state index in [2.05, 4.69) is 10.1 Å². The van der Waals surface area contributed by atoms with Gasteiger partial charge < -0.3 is 25.2 Å². The molecular formula is C17H19N4O7P. The number of aryl methyl sites for hydroxylation is 1. The maximum atomic E-state index is 12.9. The number of nitrogens with zero attached hydrogens (tertiary/aromatic N) is 3. The number of carbonyl (C=O) groups excluding carboxylic acids is 1. The zero-order valence-electron chi connectivity index (χ0n) is 15.3. The number of para-hydroxylation sites is 1. The van der Waals surface area contributed by atoms with Gasteiger partial charge in [-0.05, 0) is 18.6 Å². The fraction of sp³-hybridized carbons (Fsp3) is 0.353. The molecule has 2 aromatic rings. The maximum Gasteiger partial charge on any atom is 0.403 e. The maximum absolute atomic E-state index is 12.9. The van der Waals surface area contributed by atoms with Crippen molar-refractivity contribution in [2.24, 2.45) is 5.73 Å². The fourth-order valence-electron chi connectivity index (χ4n) is 3.11. The fourth-order valence-corrected chi connectivity index (χ4v) is 4.52. The first kappa shape index (κ1) is 19.7. The molecule has 1 aromatic heterocycles. The van der Waals surface area contributed by atoms with E-state index in [4.69, 9.17) is 19.5 Å². The number of fused-ring (bicyclic) bond motifs is 1. The molecule has 4 rings (SSSR count). The summed E-state index contributed by atoms with van der Waals surface area (Å²) in [7, 11) is -3.62. The third-order valence-electron chi connectivity index (χ3n) is 4.64. The summed E-state index contributed by atoms with van der Waals surface area (Å²) in [6.07, 6.45) is -2.39. The minimum atomic E-state index is -3.62. The standard InChI is InChI=1S/C17H19N4O7P/c1-9-3-2-4-10-7-26-29(25,28-14(9)10)6-5-11-12(22)13(23)17(27-11)21-8-19-16(20-21)15(18)24/h2-6,8,11-13,17,22-23H,7H2,1H3,(H2,18,24)/b6-5+/t11?,12-,13-,17-,29?/m1/s1. The van der Waals surface area contributed by atoms with Gasteiger partial charge in [0.25, 0.3) is 5.91 Å². The Morgan fingerprint density at radius 1 is 1.38 bits per heavy atom. The summed E-state index contributed by atoms with van der Waals surface area (Å²) in [5.74, 6) is 0.603. The number of aliphatic hydroxyl groups excluding tert-OH is 2. The van der Waals surface area contributed by atoms with E-state index >= 15 is 0 Å². The van der Waals surface area contributed by atoms with Crippen LogP contribution in [0.25, 0.3) is 0 Å². The number of amides is 1. The van der Waals surface area contributed by atoms with Gasteiger partial charge in [0.05, 0.1) is 6.61 Å². The van der Waals surface area contributed by atoms with Gasteiger partial charge in [-0.25, -0.2) is 14.2 Å². The SMILES string of the molecule is Cc1cccc2c1OP(=O)(/C=C/C1O[C@@H](n3cnc(C(N)=O)n3)[C@H](O)[C@@H]1O)OC2. The van der Waals surface area contributed by atoms with Gasteiger partial charge in [0.15, 0.2) is 6.23 Å². The highest BCUT2D eigenvalue weighted by atomic mass is 31.2. The molecule has 1 fully saturated rings. The van der Waals surface area contributed by atoms with E-state index in [0.717, 1.165) is 22.1 Å². The average molecular weight is 422 g/mol. The van der Waals surface area contributed by atoms with Crippen LogP contribution in [0.5, 0.6) is 5.75 Å². The summed E-state index contributed by atoms with van der Waals surface area (Å²) < 4.78 is 30.5. The lowest BCUT2D eigenvalue weighted by atomic mass is 10.1. The monoisotopic (exact) mass is 422 g/mol. The van der Waals surface area contributed by atoms with E-state index in [1.165, 1.54) is 11.9 Å². The van der Waals surface area contributed by atoms with Crippen molar-refractivity contribution in [1.29, 1.82) is 0 Å². The number of hydrogen-bond acceptors (Lipinski definition) is 9. The van der Waals surface area contributed by atoms with Crippen LogP contribution in [-0.4, -0.2) is 49.2 Å². The van der Waals surface area contributed by atoms with Crippen LogP contribution in [0.2, 0.25) is 0 Å². The molecule has 0 bridgehead atoms. The first-order valence-electron chi connectivity index (χ1n) is 8.72. The molecule has 2 aliphatic heterocycles. The van der Waals surface area contributed by atoms with Crippen LogP contribution in [-0.2, 0) is 20.4 Å². The van der Waals surface area contributed by atoms with E-state index in [1.807, 2.05) is 25.1 Å². The Morgan fingerprint density at radius 2 is 2.17 bits per heavy atom. The molecule has 12 heteroatoms. The third kappa shape index (κ3) is 3.70. The van der Waals surface area contributed by atoms with Crippen LogP contribution < -0.4 is 10.3 Å². The van der Waals surface area contributed by atoms with Crippen molar-refractivity contribution >= 4 is 13.5 Å². The zero-order chi connectivity index (χ0) is 20.8. The van der Waals surface area contributed by atoms with Crippen LogP contribution in [0, 0.1) is 6.92 Å². The van der Waals surface area contributed by atoms with E-state index < -0.39 is 38.0 Å². The van der Waals surface area contributed by atoms with Gasteiger partial charge in [0.1, 0.15) is 30.4 Å². The predicted molar refractivity (Wildman–Crippen MR) is 97.8 cm³/mol. The molecule has 154 valence electrons. The number of aromatic nitrogens is 3. The van der Waals surface area contributed by atoms with E-state index in [1.54, 1.807) is 0 Å². The summed E-state index contributed by atoms with van der Waals surface area (Å²) in [4.78, 5) is 14.8. The second-order valence-corrected chi connectivity index (χ2v) is 8.51. The molecule has 0 saturated carbocycles. The molecule has 11 nitrogen and oxygen atoms in total. The second kappa shape index (κ2) is 7.36. The summed E-state index contributed by atoms with van der Waals surface area (Å²) in [6, 6.07) is 5.51. The predicted octanol–water partition coefficient (Wildman–Crippen LogP) is 0.621. The Balaban J connectivity index is 1.50. The smallest absolute Gasteiger partial charge is 0.403 e. The van der Waals surface area contributed by atoms with E-state index in [-0.39, 0.29) is 12.4 Å². The summed E-state index contributed by atoms with van der Waals surface area (Å²) >= 11 is 0. The number of nitrogens with two attached hydrogens (primary N) is 1. The molecule has 1 aromatic carbocycles. The van der Waals surface area contributed by atoms with Crippen molar-refractivity contribution < 1.29 is 33.4 Å².